The Morgan fingerprint density at radius 2 is 1.74 bits per heavy atom. The molecule has 2 aromatic carbocycles. The number of hydrogen-bond acceptors (Lipinski definition) is 4. The first-order valence-corrected chi connectivity index (χ1v) is 12.1. The van der Waals surface area contributed by atoms with Crippen LogP contribution in [0.3, 0.4) is 0 Å². The molecule has 184 valence electrons. The molecular weight excluding hydrogens is 466 g/mol. The monoisotopic (exact) mass is 495 g/mol. The lowest BCUT2D eigenvalue weighted by molar-refractivity contribution is -0.129. The van der Waals surface area contributed by atoms with Crippen LogP contribution in [0.2, 0.25) is 5.02 Å². The Labute approximate surface area is 210 Å². The zero-order valence-corrected chi connectivity index (χ0v) is 20.2. The molecule has 0 aliphatic heterocycles. The first-order valence-electron chi connectivity index (χ1n) is 11.7. The average Bonchev–Trinajstić information content (AvgIpc) is 3.67. The van der Waals surface area contributed by atoms with Gasteiger partial charge >= 0.3 is 0 Å². The molecule has 0 aromatic heterocycles. The number of benzene rings is 2. The van der Waals surface area contributed by atoms with Crippen LogP contribution < -0.4 is 16.1 Å². The van der Waals surface area contributed by atoms with Crippen molar-refractivity contribution in [3.63, 3.8) is 0 Å². The molecule has 0 bridgehead atoms. The van der Waals surface area contributed by atoms with E-state index in [1.54, 1.807) is 23.7 Å². The van der Waals surface area contributed by atoms with E-state index in [0.29, 0.717) is 23.6 Å². The second-order valence-corrected chi connectivity index (χ2v) is 8.89. The molecule has 1 aliphatic rings. The Hall–Kier alpha value is -3.42. The van der Waals surface area contributed by atoms with Gasteiger partial charge in [-0.2, -0.15) is 0 Å². The Balaban J connectivity index is 1.55. The first kappa shape index (κ1) is 26.2. The minimum Gasteiger partial charge on any atom is -0.353 e. The number of hydroxylamine groups is 1. The first-order chi connectivity index (χ1) is 16.9. The highest BCUT2D eigenvalue weighted by atomic mass is 35.5. The summed E-state index contributed by atoms with van der Waals surface area (Å²) >= 11 is 6.14. The van der Waals surface area contributed by atoms with E-state index in [-0.39, 0.29) is 24.3 Å². The molecule has 0 saturated heterocycles. The van der Waals surface area contributed by atoms with Crippen LogP contribution in [0.5, 0.6) is 0 Å². The van der Waals surface area contributed by atoms with Crippen LogP contribution >= 0.6 is 11.6 Å². The Bertz CT molecular complexity index is 1090. The standard InChI is InChI=1S/C27H30ClN3O4/c28-22-6-4-5-21(18-22)24(27(34)30-23-13-14-23)17-20-10-8-19(9-11-20)12-15-25(32)29-16-3-1-2-7-26(33)31-35/h4-6,8-12,15,17-18,23,35H,1-3,7,13-14,16H2,(H,29,32)(H,30,34)(H,31,33). The number of unbranched alkanes of at least 4 members (excludes halogenated alkanes) is 2. The predicted molar refractivity (Wildman–Crippen MR) is 137 cm³/mol. The third-order valence-corrected chi connectivity index (χ3v) is 5.71. The molecule has 0 atom stereocenters. The number of rotatable bonds is 12. The molecule has 1 saturated carbocycles. The van der Waals surface area contributed by atoms with Crippen molar-refractivity contribution in [3.8, 4) is 0 Å². The van der Waals surface area contributed by atoms with Gasteiger partial charge in [-0.1, -0.05) is 54.4 Å². The van der Waals surface area contributed by atoms with Crippen LogP contribution in [0.15, 0.2) is 54.6 Å². The van der Waals surface area contributed by atoms with Gasteiger partial charge in [-0.25, -0.2) is 5.48 Å². The molecular formula is C27H30ClN3O4. The fourth-order valence-electron chi connectivity index (χ4n) is 3.38. The number of hydrogen-bond donors (Lipinski definition) is 4. The van der Waals surface area contributed by atoms with Crippen molar-refractivity contribution in [1.29, 1.82) is 0 Å². The molecule has 35 heavy (non-hydrogen) atoms. The summed E-state index contributed by atoms with van der Waals surface area (Å²) in [5.41, 5.74) is 4.63. The Morgan fingerprint density at radius 1 is 1.00 bits per heavy atom. The van der Waals surface area contributed by atoms with Crippen LogP contribution in [0.1, 0.15) is 55.2 Å². The fraction of sp³-hybridized carbons (Fsp3) is 0.296. The summed E-state index contributed by atoms with van der Waals surface area (Å²) in [4.78, 5) is 35.8. The predicted octanol–water partition coefficient (Wildman–Crippen LogP) is 4.35. The Morgan fingerprint density at radius 3 is 2.43 bits per heavy atom. The van der Waals surface area contributed by atoms with Crippen molar-refractivity contribution in [1.82, 2.24) is 16.1 Å². The van der Waals surface area contributed by atoms with Crippen molar-refractivity contribution in [2.24, 2.45) is 0 Å². The van der Waals surface area contributed by atoms with Gasteiger partial charge in [0.2, 0.25) is 11.8 Å². The molecule has 1 aliphatic carbocycles. The molecule has 2 aromatic rings. The van der Waals surface area contributed by atoms with Gasteiger partial charge in [0.05, 0.1) is 0 Å². The maximum atomic E-state index is 12.8. The van der Waals surface area contributed by atoms with E-state index in [1.165, 1.54) is 6.08 Å². The van der Waals surface area contributed by atoms with E-state index in [1.807, 2.05) is 42.5 Å². The summed E-state index contributed by atoms with van der Waals surface area (Å²) in [6, 6.07) is 15.1. The molecule has 0 spiro atoms. The summed E-state index contributed by atoms with van der Waals surface area (Å²) in [6.07, 6.45) is 9.51. The number of nitrogens with one attached hydrogen (secondary N) is 3. The highest BCUT2D eigenvalue weighted by Gasteiger charge is 2.25. The highest BCUT2D eigenvalue weighted by molar-refractivity contribution is 6.31. The quantitative estimate of drug-likeness (QED) is 0.115. The summed E-state index contributed by atoms with van der Waals surface area (Å²) in [5, 5.41) is 14.9. The smallest absolute Gasteiger partial charge is 0.252 e. The van der Waals surface area contributed by atoms with Crippen molar-refractivity contribution < 1.29 is 19.6 Å². The normalized spacial score (nSPS) is 13.5. The molecule has 1 fully saturated rings. The molecule has 7 nitrogen and oxygen atoms in total. The summed E-state index contributed by atoms with van der Waals surface area (Å²) in [6.45, 7) is 0.517. The largest absolute Gasteiger partial charge is 0.353 e. The van der Waals surface area contributed by atoms with Crippen molar-refractivity contribution in [2.45, 2.75) is 44.6 Å². The zero-order chi connectivity index (χ0) is 25.0. The summed E-state index contributed by atoms with van der Waals surface area (Å²) in [7, 11) is 0. The van der Waals surface area contributed by atoms with E-state index in [9.17, 15) is 14.4 Å². The molecule has 0 unspecified atom stereocenters. The van der Waals surface area contributed by atoms with E-state index in [2.05, 4.69) is 10.6 Å². The zero-order valence-electron chi connectivity index (χ0n) is 19.4. The van der Waals surface area contributed by atoms with Gasteiger partial charge in [0, 0.05) is 35.7 Å². The summed E-state index contributed by atoms with van der Waals surface area (Å²) < 4.78 is 0. The van der Waals surface area contributed by atoms with Gasteiger partial charge in [0.15, 0.2) is 0 Å². The van der Waals surface area contributed by atoms with E-state index in [4.69, 9.17) is 16.8 Å². The van der Waals surface area contributed by atoms with E-state index < -0.39 is 5.91 Å². The fourth-order valence-corrected chi connectivity index (χ4v) is 3.57. The number of carbonyl (C=O) groups is 3. The lowest BCUT2D eigenvalue weighted by Crippen LogP contribution is -2.26. The van der Waals surface area contributed by atoms with E-state index >= 15 is 0 Å². The van der Waals surface area contributed by atoms with Crippen molar-refractivity contribution >= 4 is 47.0 Å². The van der Waals surface area contributed by atoms with Crippen LogP contribution in [-0.4, -0.2) is 35.5 Å². The maximum absolute atomic E-state index is 12.8. The topological polar surface area (TPSA) is 108 Å². The lowest BCUT2D eigenvalue weighted by Gasteiger charge is -2.10. The average molecular weight is 496 g/mol. The second-order valence-electron chi connectivity index (χ2n) is 8.45. The van der Waals surface area contributed by atoms with Gasteiger partial charge in [0.1, 0.15) is 0 Å². The van der Waals surface area contributed by atoms with Gasteiger partial charge in [-0.05, 0) is 66.7 Å². The Kier molecular flexibility index (Phi) is 10.1. The van der Waals surface area contributed by atoms with Crippen LogP contribution in [0.4, 0.5) is 0 Å². The van der Waals surface area contributed by atoms with Crippen LogP contribution in [0, 0.1) is 0 Å². The SMILES string of the molecule is O=C(C=Cc1ccc(C=C(C(=O)NC2CC2)c2cccc(Cl)c2)cc1)NCCCCCC(=O)NO. The van der Waals surface area contributed by atoms with Crippen molar-refractivity contribution in [2.75, 3.05) is 6.54 Å². The minimum absolute atomic E-state index is 0.118. The third kappa shape index (κ3) is 9.39. The van der Waals surface area contributed by atoms with Gasteiger partial charge < -0.3 is 10.6 Å². The number of amides is 3. The second kappa shape index (κ2) is 13.5. The van der Waals surface area contributed by atoms with E-state index in [0.717, 1.165) is 42.4 Å². The number of carbonyl (C=O) groups excluding carboxylic acids is 3. The van der Waals surface area contributed by atoms with Crippen LogP contribution in [0.25, 0.3) is 17.7 Å². The molecule has 4 N–H and O–H groups in total. The van der Waals surface area contributed by atoms with Crippen molar-refractivity contribution in [3.05, 3.63) is 76.3 Å². The molecule has 3 rings (SSSR count). The maximum Gasteiger partial charge on any atom is 0.252 e. The molecule has 0 radical (unpaired) electrons. The van der Waals surface area contributed by atoms with Gasteiger partial charge in [0.25, 0.3) is 5.91 Å². The molecule has 3 amide bonds. The van der Waals surface area contributed by atoms with Gasteiger partial charge in [-0.15, -0.1) is 0 Å². The number of halogens is 1. The van der Waals surface area contributed by atoms with Crippen LogP contribution in [-0.2, 0) is 14.4 Å². The van der Waals surface area contributed by atoms with Gasteiger partial charge in [-0.3, -0.25) is 19.6 Å². The molecule has 8 heteroatoms. The molecule has 0 heterocycles. The summed E-state index contributed by atoms with van der Waals surface area (Å²) in [5.74, 6) is -0.713. The lowest BCUT2D eigenvalue weighted by atomic mass is 10.0. The minimum atomic E-state index is -0.402. The third-order valence-electron chi connectivity index (χ3n) is 5.47. The highest BCUT2D eigenvalue weighted by Crippen LogP contribution is 2.25.